The van der Waals surface area contributed by atoms with E-state index in [1.165, 1.54) is 0 Å². The first-order valence-corrected chi connectivity index (χ1v) is 5.88. The second-order valence-corrected chi connectivity index (χ2v) is 4.40. The Kier molecular flexibility index (Phi) is 4.38. The van der Waals surface area contributed by atoms with Gasteiger partial charge in [0.05, 0.1) is 12.8 Å². The van der Waals surface area contributed by atoms with Crippen LogP contribution in [0, 0.1) is 0 Å². The van der Waals surface area contributed by atoms with Crippen molar-refractivity contribution >= 4 is 11.2 Å². The zero-order chi connectivity index (χ0) is 10.6. The van der Waals surface area contributed by atoms with Gasteiger partial charge in [0.2, 0.25) is 0 Å². The first-order chi connectivity index (χ1) is 6.65. The molecule has 1 N–H and O–H groups in total. The zero-order valence-corrected chi connectivity index (χ0v) is 8.76. The number of hydrogen-bond donors (Lipinski definition) is 1. The molecule has 0 radical (unpaired) electrons. The fourth-order valence-corrected chi connectivity index (χ4v) is 1.67. The number of benzene rings is 1. The quantitative estimate of drug-likeness (QED) is 0.780. The molecule has 0 saturated carbocycles. The van der Waals surface area contributed by atoms with Gasteiger partial charge in [-0.05, 0) is 28.9 Å². The van der Waals surface area contributed by atoms with Crippen LogP contribution in [0.25, 0.3) is 0 Å². The fraction of sp³-hybridized carbons (Fsp3) is 0.400. The van der Waals surface area contributed by atoms with E-state index in [2.05, 4.69) is 0 Å². The van der Waals surface area contributed by atoms with Gasteiger partial charge in [-0.15, -0.1) is 0 Å². The van der Waals surface area contributed by atoms with Crippen molar-refractivity contribution in [3.8, 4) is 0 Å². The maximum Gasteiger partial charge on any atom is 0.152 e. The average molecular weight is 216 g/mol. The van der Waals surface area contributed by atoms with Crippen molar-refractivity contribution in [3.05, 3.63) is 29.8 Å². The second kappa shape index (κ2) is 5.34. The van der Waals surface area contributed by atoms with E-state index in [-0.39, 0.29) is 6.42 Å². The molecular formula is C10H13FO2S. The lowest BCUT2D eigenvalue weighted by molar-refractivity contribution is 0.156. The van der Waals surface area contributed by atoms with E-state index in [9.17, 15) is 14.0 Å². The van der Waals surface area contributed by atoms with E-state index in [4.69, 9.17) is 0 Å². The van der Waals surface area contributed by atoms with Crippen molar-refractivity contribution in [2.24, 2.45) is 0 Å². The number of alkyl halides is 1. The Morgan fingerprint density at radius 3 is 2.43 bits per heavy atom. The van der Waals surface area contributed by atoms with Crippen LogP contribution in [0.3, 0.4) is 0 Å². The van der Waals surface area contributed by atoms with Crippen LogP contribution in [0.5, 0.6) is 0 Å². The Morgan fingerprint density at radius 1 is 1.43 bits per heavy atom. The monoisotopic (exact) mass is 216 g/mol. The van der Waals surface area contributed by atoms with E-state index < -0.39 is 24.0 Å². The highest BCUT2D eigenvalue weighted by molar-refractivity contribution is 7.90. The van der Waals surface area contributed by atoms with Crippen LogP contribution < -0.4 is 0 Å². The Hall–Kier alpha value is -0.580. The topological polar surface area (TPSA) is 43.3 Å². The smallest absolute Gasteiger partial charge is 0.152 e. The Bertz CT molecular complexity index is 274. The normalized spacial score (nSPS) is 15.1. The van der Waals surface area contributed by atoms with Gasteiger partial charge in [-0.2, -0.15) is 0 Å². The maximum atomic E-state index is 11.9. The summed E-state index contributed by atoms with van der Waals surface area (Å²) in [5.74, 6) is 0. The second-order valence-electron chi connectivity index (χ2n) is 3.02. The summed E-state index contributed by atoms with van der Waals surface area (Å²) < 4.78 is 23.0. The molecule has 0 aliphatic heterocycles. The highest BCUT2D eigenvalue weighted by atomic mass is 32.2. The predicted molar refractivity (Wildman–Crippen MR) is 54.3 cm³/mol. The average Bonchev–Trinajstić information content (AvgIpc) is 2.18. The van der Waals surface area contributed by atoms with E-state index in [0.717, 1.165) is 0 Å². The van der Waals surface area contributed by atoms with Gasteiger partial charge in [0.15, 0.2) is 4.90 Å². The summed E-state index contributed by atoms with van der Waals surface area (Å²) in [6, 6.07) is 6.73. The number of rotatable bonds is 4. The third-order valence-electron chi connectivity index (χ3n) is 1.98. The lowest BCUT2D eigenvalue weighted by Crippen LogP contribution is -2.01. The molecule has 0 aromatic heterocycles. The standard InChI is InChI=1S/C10H13FO2S/c1-14(13)9-4-2-8(3-5-9)10(12)6-7-11/h2-5,10,12H,6-7H2,1H3. The molecule has 0 amide bonds. The summed E-state index contributed by atoms with van der Waals surface area (Å²) in [5, 5.41) is 9.43. The molecule has 2 nitrogen and oxygen atoms in total. The minimum Gasteiger partial charge on any atom is -0.612 e. The van der Waals surface area contributed by atoms with Crippen LogP contribution >= 0.6 is 0 Å². The molecule has 1 aromatic carbocycles. The van der Waals surface area contributed by atoms with Gasteiger partial charge in [0.25, 0.3) is 0 Å². The van der Waals surface area contributed by atoms with Crippen LogP contribution in [-0.2, 0) is 11.2 Å². The minimum atomic E-state index is -1.01. The van der Waals surface area contributed by atoms with E-state index in [0.29, 0.717) is 10.5 Å². The van der Waals surface area contributed by atoms with Crippen molar-refractivity contribution in [1.29, 1.82) is 0 Å². The molecule has 1 rings (SSSR count). The summed E-state index contributed by atoms with van der Waals surface area (Å²) in [5.41, 5.74) is 0.664. The Labute approximate surface area is 85.9 Å². The molecule has 4 heteroatoms. The highest BCUT2D eigenvalue weighted by Gasteiger charge is 2.09. The lowest BCUT2D eigenvalue weighted by Gasteiger charge is -2.09. The molecule has 1 aromatic rings. The van der Waals surface area contributed by atoms with Crippen molar-refractivity contribution in [3.63, 3.8) is 0 Å². The van der Waals surface area contributed by atoms with Gasteiger partial charge >= 0.3 is 0 Å². The molecule has 0 aliphatic rings. The third kappa shape index (κ3) is 2.97. The largest absolute Gasteiger partial charge is 0.612 e. The van der Waals surface area contributed by atoms with Crippen LogP contribution in [0.15, 0.2) is 29.2 Å². The molecule has 2 atom stereocenters. The van der Waals surface area contributed by atoms with Gasteiger partial charge in [-0.3, -0.25) is 4.39 Å². The SMILES string of the molecule is C[S+]([O-])c1ccc(C(O)CCF)cc1. The van der Waals surface area contributed by atoms with Crippen molar-refractivity contribution in [1.82, 2.24) is 0 Å². The van der Waals surface area contributed by atoms with Gasteiger partial charge in [0.1, 0.15) is 6.26 Å². The van der Waals surface area contributed by atoms with Crippen LogP contribution in [0.2, 0.25) is 0 Å². The fourth-order valence-electron chi connectivity index (χ4n) is 1.15. The molecule has 0 fully saturated rings. The third-order valence-corrected chi connectivity index (χ3v) is 2.92. The van der Waals surface area contributed by atoms with Crippen molar-refractivity contribution < 1.29 is 14.0 Å². The summed E-state index contributed by atoms with van der Waals surface area (Å²) >= 11 is -1.01. The number of hydrogen-bond acceptors (Lipinski definition) is 2. The van der Waals surface area contributed by atoms with Gasteiger partial charge < -0.3 is 9.66 Å². The number of aliphatic hydroxyl groups excluding tert-OH is 1. The molecule has 0 bridgehead atoms. The molecule has 2 unspecified atom stereocenters. The van der Waals surface area contributed by atoms with Gasteiger partial charge in [-0.25, -0.2) is 0 Å². The number of halogens is 1. The van der Waals surface area contributed by atoms with Gasteiger partial charge in [0, 0.05) is 6.42 Å². The number of aliphatic hydroxyl groups is 1. The lowest BCUT2D eigenvalue weighted by atomic mass is 10.1. The maximum absolute atomic E-state index is 11.9. The Morgan fingerprint density at radius 2 is 2.00 bits per heavy atom. The first kappa shape index (κ1) is 11.5. The van der Waals surface area contributed by atoms with E-state index in [1.807, 2.05) is 0 Å². The van der Waals surface area contributed by atoms with Crippen LogP contribution in [-0.4, -0.2) is 22.6 Å². The molecular weight excluding hydrogens is 203 g/mol. The predicted octanol–water partition coefficient (Wildman–Crippen LogP) is 1.82. The summed E-state index contributed by atoms with van der Waals surface area (Å²) in [6.45, 7) is -0.539. The first-order valence-electron chi connectivity index (χ1n) is 4.32. The highest BCUT2D eigenvalue weighted by Crippen LogP contribution is 2.18. The summed E-state index contributed by atoms with van der Waals surface area (Å²) in [6.07, 6.45) is 0.931. The van der Waals surface area contributed by atoms with E-state index >= 15 is 0 Å². The van der Waals surface area contributed by atoms with Crippen molar-refractivity contribution in [2.45, 2.75) is 17.4 Å². The van der Waals surface area contributed by atoms with Crippen molar-refractivity contribution in [2.75, 3.05) is 12.9 Å². The molecule has 78 valence electrons. The molecule has 14 heavy (non-hydrogen) atoms. The van der Waals surface area contributed by atoms with Crippen LogP contribution in [0.1, 0.15) is 18.1 Å². The molecule has 0 spiro atoms. The zero-order valence-electron chi connectivity index (χ0n) is 7.94. The van der Waals surface area contributed by atoms with Gasteiger partial charge in [-0.1, -0.05) is 12.1 Å². The van der Waals surface area contributed by atoms with Crippen LogP contribution in [0.4, 0.5) is 4.39 Å². The van der Waals surface area contributed by atoms with E-state index in [1.54, 1.807) is 30.5 Å². The molecule has 0 saturated heterocycles. The minimum absolute atomic E-state index is 0.106. The summed E-state index contributed by atoms with van der Waals surface area (Å²) in [4.78, 5) is 0.709. The molecule has 0 heterocycles. The Balaban J connectivity index is 2.72. The molecule has 0 aliphatic carbocycles. The summed E-state index contributed by atoms with van der Waals surface area (Å²) in [7, 11) is 0.